The third-order valence-corrected chi connectivity index (χ3v) is 4.61. The van der Waals surface area contributed by atoms with Gasteiger partial charge >= 0.3 is 0 Å². The predicted octanol–water partition coefficient (Wildman–Crippen LogP) is 3.73. The fraction of sp³-hybridized carbons (Fsp3) is 0.316. The molecule has 1 aliphatic rings. The average molecular weight is 356 g/mol. The fourth-order valence-corrected chi connectivity index (χ4v) is 3.29. The lowest BCUT2D eigenvalue weighted by molar-refractivity contribution is 0.0120. The van der Waals surface area contributed by atoms with Crippen molar-refractivity contribution < 1.29 is 13.3 Å². The van der Waals surface area contributed by atoms with Crippen molar-refractivity contribution in [2.24, 2.45) is 0 Å². The van der Waals surface area contributed by atoms with Crippen LogP contribution < -0.4 is 0 Å². The first-order valence-electron chi connectivity index (χ1n) is 8.53. The second-order valence-electron chi connectivity index (χ2n) is 6.54. The van der Waals surface area contributed by atoms with Crippen molar-refractivity contribution in [2.75, 3.05) is 13.1 Å². The highest BCUT2D eigenvalue weighted by molar-refractivity contribution is 5.53. The Kier molecular flexibility index (Phi) is 4.46. The molecule has 1 aromatic carbocycles. The summed E-state index contributed by atoms with van der Waals surface area (Å²) in [6.07, 6.45) is 3.65. The van der Waals surface area contributed by atoms with E-state index in [0.29, 0.717) is 37.3 Å². The molecule has 0 amide bonds. The van der Waals surface area contributed by atoms with Crippen LogP contribution in [-0.4, -0.2) is 33.1 Å². The second-order valence-corrected chi connectivity index (χ2v) is 6.54. The highest BCUT2D eigenvalue weighted by atomic mass is 19.1. The van der Waals surface area contributed by atoms with Crippen LogP contribution in [0.2, 0.25) is 0 Å². The minimum atomic E-state index is -1.73. The molecule has 26 heavy (non-hydrogen) atoms. The van der Waals surface area contributed by atoms with E-state index >= 15 is 4.39 Å². The van der Waals surface area contributed by atoms with Gasteiger partial charge in [-0.1, -0.05) is 35.5 Å². The Labute approximate surface area is 149 Å². The molecule has 1 aliphatic heterocycles. The average Bonchev–Trinajstić information content (AvgIpc) is 3.16. The van der Waals surface area contributed by atoms with Crippen molar-refractivity contribution in [2.45, 2.75) is 25.1 Å². The van der Waals surface area contributed by atoms with Crippen LogP contribution in [0.5, 0.6) is 0 Å². The van der Waals surface area contributed by atoms with E-state index in [1.807, 2.05) is 35.2 Å². The summed E-state index contributed by atoms with van der Waals surface area (Å²) in [7, 11) is 0. The first-order valence-corrected chi connectivity index (χ1v) is 8.53. The maximum absolute atomic E-state index is 15.5. The quantitative estimate of drug-likeness (QED) is 0.713. The van der Waals surface area contributed by atoms with Crippen molar-refractivity contribution in [1.29, 1.82) is 0 Å². The van der Waals surface area contributed by atoms with Crippen molar-refractivity contribution >= 4 is 0 Å². The molecule has 1 atom stereocenters. The number of nitrogens with zero attached hydrogens (tertiary/aromatic N) is 4. The molecule has 0 saturated carbocycles. The Balaban J connectivity index is 1.53. The molecule has 7 heteroatoms. The first kappa shape index (κ1) is 16.8. The summed E-state index contributed by atoms with van der Waals surface area (Å²) < 4.78 is 34.6. The number of pyridine rings is 1. The summed E-state index contributed by atoms with van der Waals surface area (Å²) in [4.78, 5) is 9.89. The summed E-state index contributed by atoms with van der Waals surface area (Å²) in [5, 5.41) is 3.92. The number of hydrogen-bond acceptors (Lipinski definition) is 5. The zero-order valence-corrected chi connectivity index (χ0v) is 14.1. The molecular weight excluding hydrogens is 338 g/mol. The van der Waals surface area contributed by atoms with Crippen LogP contribution in [0.4, 0.5) is 8.78 Å². The van der Waals surface area contributed by atoms with Gasteiger partial charge in [0.15, 0.2) is 0 Å². The summed E-state index contributed by atoms with van der Waals surface area (Å²) in [6, 6.07) is 10.9. The van der Waals surface area contributed by atoms with Crippen LogP contribution in [0.1, 0.15) is 24.3 Å². The molecule has 0 bridgehead atoms. The minimum absolute atomic E-state index is 0.0174. The van der Waals surface area contributed by atoms with Gasteiger partial charge in [0.05, 0.1) is 6.20 Å². The van der Waals surface area contributed by atoms with Crippen molar-refractivity contribution in [3.8, 4) is 11.4 Å². The number of halogens is 2. The topological polar surface area (TPSA) is 55.1 Å². The minimum Gasteiger partial charge on any atom is -0.335 e. The Hall–Kier alpha value is -2.67. The van der Waals surface area contributed by atoms with E-state index in [0.717, 1.165) is 5.56 Å². The standard InChI is InChI=1S/C19H18F2N4O/c20-16-11-22-9-7-15(16)12-25-10-4-8-19(21,13-25)18-23-17(24-26-18)14-5-2-1-3-6-14/h1-3,5-7,9,11H,4,8,10,12-13H2. The van der Waals surface area contributed by atoms with Crippen LogP contribution in [0, 0.1) is 5.82 Å². The molecule has 0 aliphatic carbocycles. The van der Waals surface area contributed by atoms with Gasteiger partial charge in [0.1, 0.15) is 5.82 Å². The second kappa shape index (κ2) is 6.92. The first-order chi connectivity index (χ1) is 12.6. The predicted molar refractivity (Wildman–Crippen MR) is 91.2 cm³/mol. The zero-order chi connectivity index (χ0) is 18.0. The SMILES string of the molecule is Fc1cnccc1CN1CCCC(F)(c2nc(-c3ccccc3)no2)C1. The number of likely N-dealkylation sites (tertiary alicyclic amines) is 1. The molecule has 0 spiro atoms. The molecule has 4 rings (SSSR count). The van der Waals surface area contributed by atoms with Crippen molar-refractivity contribution in [1.82, 2.24) is 20.0 Å². The molecule has 5 nitrogen and oxygen atoms in total. The molecule has 3 heterocycles. The monoisotopic (exact) mass is 356 g/mol. The fourth-order valence-electron chi connectivity index (χ4n) is 3.29. The van der Waals surface area contributed by atoms with Crippen LogP contribution in [0.25, 0.3) is 11.4 Å². The van der Waals surface area contributed by atoms with E-state index in [2.05, 4.69) is 15.1 Å². The molecule has 1 unspecified atom stereocenters. The van der Waals surface area contributed by atoms with Crippen LogP contribution >= 0.6 is 0 Å². The van der Waals surface area contributed by atoms with Gasteiger partial charge in [-0.15, -0.1) is 0 Å². The summed E-state index contributed by atoms with van der Waals surface area (Å²) >= 11 is 0. The lowest BCUT2D eigenvalue weighted by Gasteiger charge is -2.35. The van der Waals surface area contributed by atoms with Crippen LogP contribution in [0.15, 0.2) is 53.3 Å². The van der Waals surface area contributed by atoms with E-state index in [-0.39, 0.29) is 18.3 Å². The van der Waals surface area contributed by atoms with E-state index in [1.54, 1.807) is 6.07 Å². The number of aromatic nitrogens is 3. The van der Waals surface area contributed by atoms with Crippen molar-refractivity contribution in [3.63, 3.8) is 0 Å². The summed E-state index contributed by atoms with van der Waals surface area (Å²) in [6.45, 7) is 1.10. The number of hydrogen-bond donors (Lipinski definition) is 0. The lowest BCUT2D eigenvalue weighted by atomic mass is 9.94. The molecule has 0 N–H and O–H groups in total. The van der Waals surface area contributed by atoms with Gasteiger partial charge in [-0.2, -0.15) is 4.98 Å². The Morgan fingerprint density at radius 3 is 2.85 bits per heavy atom. The van der Waals surface area contributed by atoms with Crippen molar-refractivity contribution in [3.05, 3.63) is 66.1 Å². The van der Waals surface area contributed by atoms with E-state index in [9.17, 15) is 4.39 Å². The molecular formula is C19H18F2N4O. The number of benzene rings is 1. The Morgan fingerprint density at radius 1 is 1.19 bits per heavy atom. The molecule has 0 radical (unpaired) electrons. The van der Waals surface area contributed by atoms with E-state index in [1.165, 1.54) is 12.4 Å². The largest absolute Gasteiger partial charge is 0.335 e. The van der Waals surface area contributed by atoms with E-state index in [4.69, 9.17) is 4.52 Å². The molecule has 134 valence electrons. The number of alkyl halides is 1. The molecule has 2 aromatic heterocycles. The molecule has 1 fully saturated rings. The van der Waals surface area contributed by atoms with Gasteiger partial charge < -0.3 is 4.52 Å². The van der Waals surface area contributed by atoms with Gasteiger partial charge in [0, 0.05) is 30.4 Å². The van der Waals surface area contributed by atoms with Gasteiger partial charge in [-0.05, 0) is 25.5 Å². The third-order valence-electron chi connectivity index (χ3n) is 4.61. The maximum atomic E-state index is 15.5. The Morgan fingerprint density at radius 2 is 2.04 bits per heavy atom. The highest BCUT2D eigenvalue weighted by Gasteiger charge is 2.42. The summed E-state index contributed by atoms with van der Waals surface area (Å²) in [5.74, 6) is -0.0298. The zero-order valence-electron chi connectivity index (χ0n) is 14.1. The number of rotatable bonds is 4. The van der Waals surface area contributed by atoms with Gasteiger partial charge in [-0.3, -0.25) is 9.88 Å². The summed E-state index contributed by atoms with van der Waals surface area (Å²) in [5.41, 5.74) is -0.459. The third kappa shape index (κ3) is 3.35. The maximum Gasteiger partial charge on any atom is 0.265 e. The Bertz CT molecular complexity index is 886. The van der Waals surface area contributed by atoms with Gasteiger partial charge in [0.25, 0.3) is 5.89 Å². The normalized spacial score (nSPS) is 21.0. The highest BCUT2D eigenvalue weighted by Crippen LogP contribution is 2.36. The smallest absolute Gasteiger partial charge is 0.265 e. The van der Waals surface area contributed by atoms with E-state index < -0.39 is 5.67 Å². The van der Waals surface area contributed by atoms with Crippen LogP contribution in [-0.2, 0) is 12.2 Å². The van der Waals surface area contributed by atoms with Crippen LogP contribution in [0.3, 0.4) is 0 Å². The van der Waals surface area contributed by atoms with Gasteiger partial charge in [0.2, 0.25) is 11.5 Å². The molecule has 1 saturated heterocycles. The molecule has 3 aromatic rings. The lowest BCUT2D eigenvalue weighted by Crippen LogP contribution is -2.43. The van der Waals surface area contributed by atoms with Gasteiger partial charge in [-0.25, -0.2) is 8.78 Å². The number of piperidine rings is 1.